The number of fused-ring (bicyclic) bond motifs is 1. The number of amides is 2. The minimum Gasteiger partial charge on any atom is -0.492 e. The smallest absolute Gasteiger partial charge is 0.251 e. The van der Waals surface area contributed by atoms with Gasteiger partial charge in [-0.2, -0.15) is 0 Å². The summed E-state index contributed by atoms with van der Waals surface area (Å²) in [5.41, 5.74) is 1.07. The normalized spacial score (nSPS) is 31.4. The molecule has 3 saturated carbocycles. The van der Waals surface area contributed by atoms with Gasteiger partial charge in [-0.25, -0.2) is 14.2 Å². The van der Waals surface area contributed by atoms with Gasteiger partial charge in [-0.1, -0.05) is 12.1 Å². The molecule has 0 radical (unpaired) electrons. The molecule has 0 aromatic heterocycles. The molecule has 4 atom stereocenters. The average Bonchev–Trinajstić information content (AvgIpc) is 3.19. The molecule has 49 heavy (non-hydrogen) atoms. The fraction of sp³-hybridized carbons (Fsp3) is 0.641. The molecule has 2 amide bonds. The SMILES string of the molecule is O=C(NCCCNC(=O)C12CC3CC(CC4(CCC(c5ccc(OCCN6CCOCC6)cc5)CC4)OOC(C3)C1)C2)c1ccc(F)cc1. The molecule has 2 aromatic rings. The number of hydrogen-bond donors (Lipinski definition) is 2. The lowest BCUT2D eigenvalue weighted by atomic mass is 9.56. The van der Waals surface area contributed by atoms with Crippen molar-refractivity contribution < 1.29 is 33.2 Å². The van der Waals surface area contributed by atoms with Crippen LogP contribution in [-0.2, 0) is 19.3 Å². The van der Waals surface area contributed by atoms with E-state index < -0.39 is 5.41 Å². The summed E-state index contributed by atoms with van der Waals surface area (Å²) in [6, 6.07) is 14.2. The Labute approximate surface area is 289 Å². The van der Waals surface area contributed by atoms with Gasteiger partial charge in [0.1, 0.15) is 23.8 Å². The molecule has 6 aliphatic rings. The van der Waals surface area contributed by atoms with Crippen LogP contribution in [0.15, 0.2) is 48.5 Å². The quantitative estimate of drug-likeness (QED) is 0.230. The largest absolute Gasteiger partial charge is 0.492 e. The zero-order valence-corrected chi connectivity index (χ0v) is 28.6. The third kappa shape index (κ3) is 8.47. The molecule has 4 bridgehead atoms. The lowest BCUT2D eigenvalue weighted by Gasteiger charge is -2.48. The molecule has 4 unspecified atom stereocenters. The second-order valence-corrected chi connectivity index (χ2v) is 15.3. The zero-order valence-electron chi connectivity index (χ0n) is 28.6. The monoisotopic (exact) mass is 677 g/mol. The Hall–Kier alpha value is -3.05. The topological polar surface area (TPSA) is 98.4 Å². The van der Waals surface area contributed by atoms with E-state index in [1.54, 1.807) is 0 Å². The maximum atomic E-state index is 13.8. The van der Waals surface area contributed by atoms with Gasteiger partial charge in [0.2, 0.25) is 5.91 Å². The van der Waals surface area contributed by atoms with Crippen LogP contribution in [0.25, 0.3) is 0 Å². The van der Waals surface area contributed by atoms with Crippen LogP contribution in [0.5, 0.6) is 5.75 Å². The lowest BCUT2D eigenvalue weighted by molar-refractivity contribution is -0.395. The first-order valence-electron chi connectivity index (χ1n) is 18.6. The first-order valence-corrected chi connectivity index (χ1v) is 18.6. The minimum absolute atomic E-state index is 0.0658. The first-order chi connectivity index (χ1) is 23.9. The molecule has 2 N–H and O–H groups in total. The maximum absolute atomic E-state index is 13.8. The van der Waals surface area contributed by atoms with Crippen LogP contribution in [0.2, 0.25) is 0 Å². The van der Waals surface area contributed by atoms with Gasteiger partial charge < -0.3 is 20.1 Å². The highest BCUT2D eigenvalue weighted by molar-refractivity contribution is 5.94. The van der Waals surface area contributed by atoms with E-state index in [1.165, 1.54) is 29.8 Å². The Morgan fingerprint density at radius 1 is 0.878 bits per heavy atom. The zero-order chi connectivity index (χ0) is 33.7. The van der Waals surface area contributed by atoms with E-state index in [0.717, 1.165) is 96.4 Å². The van der Waals surface area contributed by atoms with Gasteiger partial charge in [-0.15, -0.1) is 0 Å². The Morgan fingerprint density at radius 3 is 2.39 bits per heavy atom. The van der Waals surface area contributed by atoms with Crippen molar-refractivity contribution in [2.45, 2.75) is 88.3 Å². The molecule has 3 saturated heterocycles. The molecular formula is C39H52FN3O6. The molecule has 266 valence electrons. The van der Waals surface area contributed by atoms with Crippen molar-refractivity contribution in [3.63, 3.8) is 0 Å². The standard InChI is InChI=1S/C39H52FN3O6/c40-33-6-2-32(3-7-33)36(44)41-14-1-15-42-37(45)38-24-28-22-29(25-38)26-39(49-48-35(23-28)27-38)12-10-31(11-13-39)30-4-8-34(9-5-30)47-21-18-43-16-19-46-20-17-43/h2-9,28-29,31,35H,1,10-27H2,(H,41,44)(H,42,45). The summed E-state index contributed by atoms with van der Waals surface area (Å²) in [6.45, 7) is 6.11. The van der Waals surface area contributed by atoms with Crippen molar-refractivity contribution in [2.75, 3.05) is 52.5 Å². The third-order valence-corrected chi connectivity index (χ3v) is 11.8. The fourth-order valence-corrected chi connectivity index (χ4v) is 9.40. The van der Waals surface area contributed by atoms with Gasteiger partial charge in [-0.3, -0.25) is 14.5 Å². The molecule has 9 nitrogen and oxygen atoms in total. The molecule has 2 aromatic carbocycles. The van der Waals surface area contributed by atoms with E-state index in [0.29, 0.717) is 55.9 Å². The second-order valence-electron chi connectivity index (χ2n) is 15.3. The highest BCUT2D eigenvalue weighted by Gasteiger charge is 2.54. The molecule has 3 aliphatic carbocycles. The van der Waals surface area contributed by atoms with Gasteiger partial charge >= 0.3 is 0 Å². The number of rotatable bonds is 11. The van der Waals surface area contributed by atoms with E-state index in [9.17, 15) is 14.0 Å². The Balaban J connectivity index is 0.884. The average molecular weight is 678 g/mol. The maximum Gasteiger partial charge on any atom is 0.251 e. The highest BCUT2D eigenvalue weighted by Crippen LogP contribution is 2.56. The molecule has 3 heterocycles. The predicted octanol–water partition coefficient (Wildman–Crippen LogP) is 5.79. The summed E-state index contributed by atoms with van der Waals surface area (Å²) in [4.78, 5) is 41.2. The van der Waals surface area contributed by atoms with Crippen molar-refractivity contribution in [3.8, 4) is 5.75 Å². The van der Waals surface area contributed by atoms with Gasteiger partial charge in [0.05, 0.1) is 24.7 Å². The molecular weight excluding hydrogens is 625 g/mol. The van der Waals surface area contributed by atoms with Crippen LogP contribution in [0.4, 0.5) is 4.39 Å². The summed E-state index contributed by atoms with van der Waals surface area (Å²) in [6.07, 6.45) is 10.2. The van der Waals surface area contributed by atoms with Crippen LogP contribution in [0, 0.1) is 23.1 Å². The number of carbonyl (C=O) groups excluding carboxylic acids is 2. The van der Waals surface area contributed by atoms with E-state index in [4.69, 9.17) is 19.2 Å². The number of ether oxygens (including phenoxy) is 2. The van der Waals surface area contributed by atoms with Crippen molar-refractivity contribution in [3.05, 3.63) is 65.5 Å². The van der Waals surface area contributed by atoms with Crippen LogP contribution < -0.4 is 15.4 Å². The Morgan fingerprint density at radius 2 is 1.61 bits per heavy atom. The summed E-state index contributed by atoms with van der Waals surface area (Å²) in [5.74, 6) is 1.84. The summed E-state index contributed by atoms with van der Waals surface area (Å²) >= 11 is 0. The van der Waals surface area contributed by atoms with Crippen molar-refractivity contribution in [1.82, 2.24) is 15.5 Å². The second kappa shape index (κ2) is 15.5. The summed E-state index contributed by atoms with van der Waals surface area (Å²) in [5, 5.41) is 6.06. The van der Waals surface area contributed by atoms with E-state index in [2.05, 4.69) is 39.8 Å². The van der Waals surface area contributed by atoms with Gasteiger partial charge in [0.15, 0.2) is 0 Å². The number of nitrogens with one attached hydrogen (secondary N) is 2. The number of carbonyl (C=O) groups is 2. The molecule has 3 aliphatic heterocycles. The molecule has 8 rings (SSSR count). The van der Waals surface area contributed by atoms with E-state index in [1.807, 2.05) is 0 Å². The predicted molar refractivity (Wildman–Crippen MR) is 183 cm³/mol. The molecule has 1 spiro atoms. The van der Waals surface area contributed by atoms with Gasteiger partial charge in [-0.05, 0) is 130 Å². The number of benzene rings is 2. The third-order valence-electron chi connectivity index (χ3n) is 11.8. The minimum atomic E-state index is -0.425. The fourth-order valence-electron chi connectivity index (χ4n) is 9.40. The number of morpholine rings is 1. The van der Waals surface area contributed by atoms with Crippen molar-refractivity contribution >= 4 is 11.8 Å². The van der Waals surface area contributed by atoms with E-state index in [-0.39, 0.29) is 29.3 Å². The van der Waals surface area contributed by atoms with Gasteiger partial charge in [0.25, 0.3) is 5.91 Å². The van der Waals surface area contributed by atoms with E-state index >= 15 is 0 Å². The summed E-state index contributed by atoms with van der Waals surface area (Å²) < 4.78 is 24.6. The van der Waals surface area contributed by atoms with Crippen LogP contribution >= 0.6 is 0 Å². The van der Waals surface area contributed by atoms with Crippen LogP contribution in [-0.4, -0.2) is 81.0 Å². The first kappa shape index (κ1) is 34.4. The Kier molecular flexibility index (Phi) is 10.9. The van der Waals surface area contributed by atoms with Crippen LogP contribution in [0.3, 0.4) is 0 Å². The van der Waals surface area contributed by atoms with Gasteiger partial charge in [0, 0.05) is 38.3 Å². The number of nitrogens with zero attached hydrogens (tertiary/aromatic N) is 1. The Bertz CT molecular complexity index is 1410. The number of halogens is 1. The highest BCUT2D eigenvalue weighted by atomic mass is 19.1. The van der Waals surface area contributed by atoms with Crippen molar-refractivity contribution in [2.24, 2.45) is 17.3 Å². The molecule has 6 fully saturated rings. The number of hydrogen-bond acceptors (Lipinski definition) is 7. The van der Waals surface area contributed by atoms with Crippen LogP contribution in [0.1, 0.15) is 92.5 Å². The molecule has 10 heteroatoms. The lowest BCUT2D eigenvalue weighted by Crippen LogP contribution is -2.51. The summed E-state index contributed by atoms with van der Waals surface area (Å²) in [7, 11) is 0. The van der Waals surface area contributed by atoms with Crippen molar-refractivity contribution in [1.29, 1.82) is 0 Å².